The van der Waals surface area contributed by atoms with Crippen LogP contribution in [0.15, 0.2) is 18.2 Å². The Balaban J connectivity index is 1.58. The molecule has 0 spiro atoms. The van der Waals surface area contributed by atoms with Crippen LogP contribution in [0.5, 0.6) is 5.75 Å². The average molecular weight is 261 g/mol. The maximum Gasteiger partial charge on any atom is 0.122 e. The van der Waals surface area contributed by atoms with Crippen LogP contribution >= 0.6 is 0 Å². The van der Waals surface area contributed by atoms with Crippen molar-refractivity contribution in [3.8, 4) is 5.75 Å². The smallest absolute Gasteiger partial charge is 0.122 e. The molecule has 0 aliphatic carbocycles. The lowest BCUT2D eigenvalue weighted by atomic mass is 10.1. The van der Waals surface area contributed by atoms with E-state index in [1.54, 1.807) is 0 Å². The van der Waals surface area contributed by atoms with E-state index < -0.39 is 0 Å². The summed E-state index contributed by atoms with van der Waals surface area (Å²) in [6.07, 6.45) is 6.20. The van der Waals surface area contributed by atoms with Crippen molar-refractivity contribution < 1.29 is 4.74 Å². The van der Waals surface area contributed by atoms with Crippen LogP contribution in [0.1, 0.15) is 44.2 Å². The topological polar surface area (TPSA) is 21.3 Å². The normalized spacial score (nSPS) is 13.6. The van der Waals surface area contributed by atoms with Crippen molar-refractivity contribution in [3.05, 3.63) is 29.3 Å². The quantitative estimate of drug-likeness (QED) is 0.722. The van der Waals surface area contributed by atoms with E-state index >= 15 is 0 Å². The molecule has 0 radical (unpaired) electrons. The van der Waals surface area contributed by atoms with Crippen molar-refractivity contribution in [3.63, 3.8) is 0 Å². The average Bonchev–Trinajstić information content (AvgIpc) is 2.84. The van der Waals surface area contributed by atoms with Gasteiger partial charge in [0.2, 0.25) is 0 Å². The summed E-state index contributed by atoms with van der Waals surface area (Å²) < 4.78 is 5.53. The van der Waals surface area contributed by atoms with E-state index in [9.17, 15) is 0 Å². The van der Waals surface area contributed by atoms with E-state index in [-0.39, 0.29) is 0 Å². The van der Waals surface area contributed by atoms with E-state index in [1.165, 1.54) is 30.4 Å². The molecule has 1 N–H and O–H groups in total. The Morgan fingerprint density at radius 3 is 2.95 bits per heavy atom. The van der Waals surface area contributed by atoms with Gasteiger partial charge in [-0.1, -0.05) is 38.8 Å². The Hall–Kier alpha value is -1.02. The first-order chi connectivity index (χ1) is 9.25. The minimum absolute atomic E-state index is 0.841. The number of nitrogens with one attached hydrogen (secondary N) is 1. The molecule has 0 bridgehead atoms. The van der Waals surface area contributed by atoms with Gasteiger partial charge < -0.3 is 10.1 Å². The van der Waals surface area contributed by atoms with Gasteiger partial charge in [0.25, 0.3) is 0 Å². The largest absolute Gasteiger partial charge is 0.493 e. The third kappa shape index (κ3) is 4.87. The molecule has 1 aromatic carbocycles. The van der Waals surface area contributed by atoms with Crippen molar-refractivity contribution in [1.82, 2.24) is 5.32 Å². The summed E-state index contributed by atoms with van der Waals surface area (Å²) in [6.45, 7) is 7.69. The molecule has 0 saturated carbocycles. The van der Waals surface area contributed by atoms with Gasteiger partial charge in [-0.3, -0.25) is 0 Å². The summed E-state index contributed by atoms with van der Waals surface area (Å²) in [6, 6.07) is 6.63. The van der Waals surface area contributed by atoms with E-state index in [0.717, 1.165) is 44.2 Å². The van der Waals surface area contributed by atoms with Gasteiger partial charge in [0.15, 0.2) is 0 Å². The molecule has 1 aliphatic heterocycles. The van der Waals surface area contributed by atoms with Crippen molar-refractivity contribution >= 4 is 0 Å². The van der Waals surface area contributed by atoms with Crippen LogP contribution in [0.2, 0.25) is 0 Å². The van der Waals surface area contributed by atoms with Crippen LogP contribution in [0.25, 0.3) is 0 Å². The van der Waals surface area contributed by atoms with Crippen LogP contribution in [0, 0.1) is 5.92 Å². The standard InChI is InChI=1S/C17H27NO/c1-14(2)5-3-4-10-18-11-8-15-6-7-17-16(13-15)9-12-19-17/h6-7,13-14,18H,3-5,8-12H2,1-2H3. The molecule has 1 heterocycles. The first-order valence-corrected chi connectivity index (χ1v) is 7.71. The summed E-state index contributed by atoms with van der Waals surface area (Å²) in [5.74, 6) is 1.93. The zero-order valence-corrected chi connectivity index (χ0v) is 12.4. The highest BCUT2D eigenvalue weighted by atomic mass is 16.5. The third-order valence-electron chi connectivity index (χ3n) is 3.73. The summed E-state index contributed by atoms with van der Waals surface area (Å²) >= 11 is 0. The van der Waals surface area contributed by atoms with Gasteiger partial charge in [-0.15, -0.1) is 0 Å². The number of unbranched alkanes of at least 4 members (excludes halogenated alkanes) is 1. The predicted octanol–water partition coefficient (Wildman–Crippen LogP) is 3.58. The number of fused-ring (bicyclic) bond motifs is 1. The van der Waals surface area contributed by atoms with Crippen LogP contribution in [0.4, 0.5) is 0 Å². The first kappa shape index (κ1) is 14.4. The van der Waals surface area contributed by atoms with Crippen molar-refractivity contribution in [1.29, 1.82) is 0 Å². The minimum Gasteiger partial charge on any atom is -0.493 e. The Morgan fingerprint density at radius 2 is 2.11 bits per heavy atom. The fourth-order valence-corrected chi connectivity index (χ4v) is 2.56. The third-order valence-corrected chi connectivity index (χ3v) is 3.73. The second-order valence-electron chi connectivity index (χ2n) is 5.93. The minimum atomic E-state index is 0.841. The van der Waals surface area contributed by atoms with Crippen LogP contribution in [-0.4, -0.2) is 19.7 Å². The first-order valence-electron chi connectivity index (χ1n) is 7.71. The Kier molecular flexibility index (Phi) is 5.71. The lowest BCUT2D eigenvalue weighted by molar-refractivity contribution is 0.357. The molecule has 0 aromatic heterocycles. The zero-order chi connectivity index (χ0) is 13.5. The van der Waals surface area contributed by atoms with Crippen LogP contribution < -0.4 is 10.1 Å². The molecule has 19 heavy (non-hydrogen) atoms. The highest BCUT2D eigenvalue weighted by Gasteiger charge is 2.11. The Morgan fingerprint density at radius 1 is 1.21 bits per heavy atom. The van der Waals surface area contributed by atoms with E-state index in [0.29, 0.717) is 0 Å². The van der Waals surface area contributed by atoms with Gasteiger partial charge in [-0.2, -0.15) is 0 Å². The molecule has 0 saturated heterocycles. The molecule has 106 valence electrons. The lowest BCUT2D eigenvalue weighted by Gasteiger charge is -2.07. The molecule has 0 atom stereocenters. The summed E-state index contributed by atoms with van der Waals surface area (Å²) in [7, 11) is 0. The van der Waals surface area contributed by atoms with E-state index in [1.807, 2.05) is 0 Å². The fraction of sp³-hybridized carbons (Fsp3) is 0.647. The lowest BCUT2D eigenvalue weighted by Crippen LogP contribution is -2.18. The van der Waals surface area contributed by atoms with Crippen LogP contribution in [-0.2, 0) is 12.8 Å². The Labute approximate surface area is 117 Å². The SMILES string of the molecule is CC(C)CCCCNCCc1ccc2c(c1)CCO2. The molecular weight excluding hydrogens is 234 g/mol. The second-order valence-corrected chi connectivity index (χ2v) is 5.93. The molecular formula is C17H27NO. The van der Waals surface area contributed by atoms with E-state index in [2.05, 4.69) is 37.4 Å². The maximum absolute atomic E-state index is 5.53. The predicted molar refractivity (Wildman–Crippen MR) is 80.9 cm³/mol. The van der Waals surface area contributed by atoms with Gasteiger partial charge in [0, 0.05) is 6.42 Å². The van der Waals surface area contributed by atoms with Crippen LogP contribution in [0.3, 0.4) is 0 Å². The second kappa shape index (κ2) is 7.54. The monoisotopic (exact) mass is 261 g/mol. The zero-order valence-electron chi connectivity index (χ0n) is 12.4. The molecule has 2 nitrogen and oxygen atoms in total. The number of hydrogen-bond donors (Lipinski definition) is 1. The van der Waals surface area contributed by atoms with Crippen molar-refractivity contribution in [2.24, 2.45) is 5.92 Å². The summed E-state index contributed by atoms with van der Waals surface area (Å²) in [5.41, 5.74) is 2.81. The number of rotatable bonds is 8. The molecule has 2 heteroatoms. The van der Waals surface area contributed by atoms with Crippen molar-refractivity contribution in [2.75, 3.05) is 19.7 Å². The number of ether oxygens (including phenoxy) is 1. The number of benzene rings is 1. The summed E-state index contributed by atoms with van der Waals surface area (Å²) in [4.78, 5) is 0. The van der Waals surface area contributed by atoms with Gasteiger partial charge >= 0.3 is 0 Å². The highest BCUT2D eigenvalue weighted by Crippen LogP contribution is 2.25. The van der Waals surface area contributed by atoms with Gasteiger partial charge in [0.1, 0.15) is 5.75 Å². The molecule has 1 aromatic rings. The maximum atomic E-state index is 5.53. The molecule has 0 fully saturated rings. The molecule has 2 rings (SSSR count). The summed E-state index contributed by atoms with van der Waals surface area (Å²) in [5, 5.41) is 3.54. The van der Waals surface area contributed by atoms with Crippen molar-refractivity contribution in [2.45, 2.75) is 46.0 Å². The molecule has 0 unspecified atom stereocenters. The fourth-order valence-electron chi connectivity index (χ4n) is 2.56. The van der Waals surface area contributed by atoms with E-state index in [4.69, 9.17) is 4.74 Å². The highest BCUT2D eigenvalue weighted by molar-refractivity contribution is 5.39. The number of hydrogen-bond acceptors (Lipinski definition) is 2. The van der Waals surface area contributed by atoms with Gasteiger partial charge in [-0.25, -0.2) is 0 Å². The molecule has 0 amide bonds. The van der Waals surface area contributed by atoms with Gasteiger partial charge in [0.05, 0.1) is 6.61 Å². The van der Waals surface area contributed by atoms with Gasteiger partial charge in [-0.05, 0) is 49.0 Å². The Bertz CT molecular complexity index is 387. The molecule has 1 aliphatic rings.